The summed E-state index contributed by atoms with van der Waals surface area (Å²) in [6, 6.07) is 17.9. The molecule has 1 amide bonds. The third-order valence-electron chi connectivity index (χ3n) is 4.28. The Morgan fingerprint density at radius 3 is 2.60 bits per heavy atom. The average Bonchev–Trinajstić information content (AvgIpc) is 3.29. The fourth-order valence-corrected chi connectivity index (χ4v) is 3.06. The van der Waals surface area contributed by atoms with Crippen LogP contribution in [-0.4, -0.2) is 31.6 Å². The van der Waals surface area contributed by atoms with Crippen molar-refractivity contribution in [3.63, 3.8) is 0 Å². The topological polar surface area (TPSA) is 95.1 Å². The molecule has 0 atom stereocenters. The Kier molecular flexibility index (Phi) is 5.22. The Labute approximate surface area is 173 Å². The van der Waals surface area contributed by atoms with Crippen molar-refractivity contribution in [3.05, 3.63) is 66.0 Å². The summed E-state index contributed by atoms with van der Waals surface area (Å²) in [5.74, 6) is 0.702. The van der Waals surface area contributed by atoms with Gasteiger partial charge in [-0.1, -0.05) is 53.7 Å². The van der Waals surface area contributed by atoms with E-state index in [1.54, 1.807) is 20.8 Å². The maximum atomic E-state index is 11.9. The molecular formula is C22H23N5O3. The average molecular weight is 405 g/mol. The second kappa shape index (κ2) is 7.98. The van der Waals surface area contributed by atoms with Crippen LogP contribution in [0.3, 0.4) is 0 Å². The highest BCUT2D eigenvalue weighted by Crippen LogP contribution is 2.28. The van der Waals surface area contributed by atoms with Gasteiger partial charge in [0, 0.05) is 5.39 Å². The van der Waals surface area contributed by atoms with Crippen molar-refractivity contribution < 1.29 is 14.1 Å². The molecule has 0 saturated carbocycles. The second-order valence-corrected chi connectivity index (χ2v) is 7.88. The molecule has 8 heteroatoms. The first-order chi connectivity index (χ1) is 14.4. The molecule has 4 aromatic rings. The van der Waals surface area contributed by atoms with Crippen molar-refractivity contribution in [1.82, 2.24) is 25.2 Å². The van der Waals surface area contributed by atoms with E-state index in [1.807, 2.05) is 59.3 Å². The SMILES string of the molecule is CC(C)(C)OC(=O)NCc1noc(-c2c3ccccc3nn2Cc2ccccc2)n1. The minimum absolute atomic E-state index is 0.100. The number of alkyl carbamates (subject to hydrolysis) is 1. The first kappa shape index (κ1) is 19.6. The molecule has 0 fully saturated rings. The molecule has 0 unspecified atom stereocenters. The number of rotatable bonds is 5. The van der Waals surface area contributed by atoms with E-state index in [0.717, 1.165) is 22.2 Å². The normalized spacial score (nSPS) is 11.6. The Balaban J connectivity index is 1.60. The van der Waals surface area contributed by atoms with Gasteiger partial charge in [-0.25, -0.2) is 4.79 Å². The predicted octanol–water partition coefficient (Wildman–Crippen LogP) is 4.16. The summed E-state index contributed by atoms with van der Waals surface area (Å²) in [6.45, 7) is 6.08. The van der Waals surface area contributed by atoms with Crippen LogP contribution in [0.5, 0.6) is 0 Å². The monoisotopic (exact) mass is 405 g/mol. The molecule has 0 aliphatic heterocycles. The van der Waals surface area contributed by atoms with Crippen molar-refractivity contribution >= 4 is 17.0 Å². The number of carbonyl (C=O) groups excluding carboxylic acids is 1. The number of carbonyl (C=O) groups is 1. The van der Waals surface area contributed by atoms with Gasteiger partial charge in [-0.2, -0.15) is 10.1 Å². The smallest absolute Gasteiger partial charge is 0.408 e. The molecule has 0 aliphatic carbocycles. The van der Waals surface area contributed by atoms with Gasteiger partial charge >= 0.3 is 6.09 Å². The van der Waals surface area contributed by atoms with Gasteiger partial charge in [0.2, 0.25) is 0 Å². The van der Waals surface area contributed by atoms with E-state index in [2.05, 4.69) is 15.5 Å². The van der Waals surface area contributed by atoms with Gasteiger partial charge in [0.15, 0.2) is 5.82 Å². The molecular weight excluding hydrogens is 382 g/mol. The minimum atomic E-state index is -0.574. The maximum absolute atomic E-state index is 11.9. The van der Waals surface area contributed by atoms with E-state index in [1.165, 1.54) is 0 Å². The Morgan fingerprint density at radius 1 is 1.10 bits per heavy atom. The second-order valence-electron chi connectivity index (χ2n) is 7.88. The van der Waals surface area contributed by atoms with E-state index in [-0.39, 0.29) is 6.54 Å². The fourth-order valence-electron chi connectivity index (χ4n) is 3.06. The molecule has 0 aliphatic rings. The number of benzene rings is 2. The molecule has 1 N–H and O–H groups in total. The number of hydrogen-bond acceptors (Lipinski definition) is 6. The fraction of sp³-hybridized carbons (Fsp3) is 0.273. The van der Waals surface area contributed by atoms with Crippen LogP contribution in [-0.2, 0) is 17.8 Å². The van der Waals surface area contributed by atoms with E-state index in [4.69, 9.17) is 14.4 Å². The molecule has 0 radical (unpaired) electrons. The molecule has 2 aromatic heterocycles. The maximum Gasteiger partial charge on any atom is 0.408 e. The lowest BCUT2D eigenvalue weighted by Gasteiger charge is -2.19. The van der Waals surface area contributed by atoms with Crippen LogP contribution in [0, 0.1) is 0 Å². The van der Waals surface area contributed by atoms with Crippen LogP contribution in [0.25, 0.3) is 22.5 Å². The number of nitrogens with zero attached hydrogens (tertiary/aromatic N) is 4. The summed E-state index contributed by atoms with van der Waals surface area (Å²) >= 11 is 0. The van der Waals surface area contributed by atoms with Crippen LogP contribution in [0.2, 0.25) is 0 Å². The van der Waals surface area contributed by atoms with Crippen molar-refractivity contribution in [2.24, 2.45) is 0 Å². The van der Waals surface area contributed by atoms with Crippen molar-refractivity contribution in [3.8, 4) is 11.6 Å². The van der Waals surface area contributed by atoms with Gasteiger partial charge in [-0.3, -0.25) is 4.68 Å². The molecule has 30 heavy (non-hydrogen) atoms. The summed E-state index contributed by atoms with van der Waals surface area (Å²) in [6.07, 6.45) is -0.534. The predicted molar refractivity (Wildman–Crippen MR) is 112 cm³/mol. The van der Waals surface area contributed by atoms with Crippen LogP contribution in [0.1, 0.15) is 32.2 Å². The quantitative estimate of drug-likeness (QED) is 0.536. The third-order valence-corrected chi connectivity index (χ3v) is 4.28. The number of amides is 1. The standard InChI is InChI=1S/C22H23N5O3/c1-22(2,3)29-21(28)23-13-18-24-20(30-26-18)19-16-11-7-8-12-17(16)25-27(19)14-15-9-5-4-6-10-15/h4-12H,13-14H2,1-3H3,(H,23,28). The van der Waals surface area contributed by atoms with Crippen LogP contribution >= 0.6 is 0 Å². The molecule has 2 aromatic carbocycles. The molecule has 0 spiro atoms. The zero-order valence-electron chi connectivity index (χ0n) is 17.1. The molecule has 0 saturated heterocycles. The summed E-state index contributed by atoms with van der Waals surface area (Å²) in [7, 11) is 0. The lowest BCUT2D eigenvalue weighted by Crippen LogP contribution is -2.32. The van der Waals surface area contributed by atoms with E-state index in [0.29, 0.717) is 18.3 Å². The minimum Gasteiger partial charge on any atom is -0.444 e. The summed E-state index contributed by atoms with van der Waals surface area (Å²) < 4.78 is 12.6. The first-order valence-electron chi connectivity index (χ1n) is 9.68. The summed E-state index contributed by atoms with van der Waals surface area (Å²) in [4.78, 5) is 16.3. The number of nitrogens with one attached hydrogen (secondary N) is 1. The van der Waals surface area contributed by atoms with Gasteiger partial charge in [-0.15, -0.1) is 0 Å². The third kappa shape index (κ3) is 4.48. The number of aromatic nitrogens is 4. The number of fused-ring (bicyclic) bond motifs is 1. The largest absolute Gasteiger partial charge is 0.444 e. The van der Waals surface area contributed by atoms with Crippen molar-refractivity contribution in [2.75, 3.05) is 0 Å². The molecule has 8 nitrogen and oxygen atoms in total. The van der Waals surface area contributed by atoms with Crippen LogP contribution in [0.4, 0.5) is 4.79 Å². The number of ether oxygens (including phenoxy) is 1. The van der Waals surface area contributed by atoms with Crippen molar-refractivity contribution in [2.45, 2.75) is 39.5 Å². The molecule has 0 bridgehead atoms. The zero-order chi connectivity index (χ0) is 21.1. The van der Waals surface area contributed by atoms with Crippen LogP contribution < -0.4 is 5.32 Å². The van der Waals surface area contributed by atoms with E-state index in [9.17, 15) is 4.79 Å². The van der Waals surface area contributed by atoms with Crippen molar-refractivity contribution in [1.29, 1.82) is 0 Å². The van der Waals surface area contributed by atoms with Gasteiger partial charge < -0.3 is 14.6 Å². The molecule has 2 heterocycles. The summed E-state index contributed by atoms with van der Waals surface area (Å²) in [5.41, 5.74) is 2.12. The lowest BCUT2D eigenvalue weighted by molar-refractivity contribution is 0.0522. The Bertz CT molecular complexity index is 1160. The van der Waals surface area contributed by atoms with Crippen LogP contribution in [0.15, 0.2) is 59.1 Å². The Hall–Kier alpha value is -3.68. The zero-order valence-corrected chi connectivity index (χ0v) is 17.1. The van der Waals surface area contributed by atoms with E-state index >= 15 is 0 Å². The van der Waals surface area contributed by atoms with Gasteiger partial charge in [-0.05, 0) is 32.4 Å². The highest BCUT2D eigenvalue weighted by molar-refractivity contribution is 5.91. The Morgan fingerprint density at radius 2 is 1.83 bits per heavy atom. The number of hydrogen-bond donors (Lipinski definition) is 1. The molecule has 154 valence electrons. The summed E-state index contributed by atoms with van der Waals surface area (Å²) in [5, 5.41) is 12.3. The molecule has 4 rings (SSSR count). The highest BCUT2D eigenvalue weighted by atomic mass is 16.6. The van der Waals surface area contributed by atoms with Gasteiger partial charge in [0.05, 0.1) is 18.6 Å². The first-order valence-corrected chi connectivity index (χ1v) is 9.68. The van der Waals surface area contributed by atoms with E-state index < -0.39 is 11.7 Å². The van der Waals surface area contributed by atoms with Gasteiger partial charge in [0.1, 0.15) is 11.3 Å². The van der Waals surface area contributed by atoms with Gasteiger partial charge in [0.25, 0.3) is 5.89 Å². The highest BCUT2D eigenvalue weighted by Gasteiger charge is 2.20. The lowest BCUT2D eigenvalue weighted by atomic mass is 10.2.